The molecule has 10 heteroatoms. The second-order valence-electron chi connectivity index (χ2n) is 0.189. The van der Waals surface area contributed by atoms with E-state index in [4.69, 9.17) is 10.3 Å². The predicted molar refractivity (Wildman–Crippen MR) is 18.1 cm³/mol. The maximum absolute atomic E-state index is 8.57. The van der Waals surface area contributed by atoms with E-state index in [2.05, 4.69) is 0 Å². The molecule has 0 rings (SSSR count). The minimum absolute atomic E-state index is 0. The average molecular weight is 288 g/mol. The molecule has 0 aromatic carbocycles. The first-order chi connectivity index (χ1) is 1.73. The van der Waals surface area contributed by atoms with Crippen molar-refractivity contribution < 1.29 is 88.3 Å². The second-order valence-corrected chi connectivity index (χ2v) is 1.27. The van der Waals surface area contributed by atoms with Crippen molar-refractivity contribution >= 4 is 0 Å². The van der Waals surface area contributed by atoms with Crippen LogP contribution >= 0.6 is 0 Å². The minimum Gasteiger partial charge on any atom is -0.427 e. The molecule has 0 radical (unpaired) electrons. The van der Waals surface area contributed by atoms with Gasteiger partial charge in [-0.1, -0.05) is 0 Å². The van der Waals surface area contributed by atoms with Crippen LogP contribution in [0.3, 0.4) is 0 Å². The van der Waals surface area contributed by atoms with Crippen molar-refractivity contribution in [1.29, 1.82) is 0 Å². The van der Waals surface area contributed by atoms with Gasteiger partial charge in [0.1, 0.15) is 0 Å². The number of halogens is 1. The van der Waals surface area contributed by atoms with Gasteiger partial charge >= 0.3 is 29.6 Å². The van der Waals surface area contributed by atoms with Crippen LogP contribution in [0.5, 0.6) is 0 Å². The van der Waals surface area contributed by atoms with Gasteiger partial charge in [0.25, 0.3) is 21.1 Å². The van der Waals surface area contributed by atoms with Crippen LogP contribution in [-0.2, 0) is 0 Å². The topological polar surface area (TPSA) is 227 Å². The molecule has 0 aliphatic heterocycles. The molecule has 0 aliphatic rings. The first-order valence-electron chi connectivity index (χ1n) is 0.463. The third-order valence-corrected chi connectivity index (χ3v) is 0. The molecule has 0 saturated heterocycles. The van der Waals surface area contributed by atoms with Crippen LogP contribution in [-0.4, -0.2) is 27.4 Å². The third kappa shape index (κ3) is 335. The molecule has 0 saturated carbocycles. The molecule has 0 aliphatic carbocycles. The van der Waals surface area contributed by atoms with Gasteiger partial charge in [-0.15, -0.1) is 0 Å². The molecule has 0 spiro atoms. The summed E-state index contributed by atoms with van der Waals surface area (Å²) >= 11 is -4.01. The zero-order chi connectivity index (χ0) is 3.58. The SMILES string of the molecule is O.O.O.O.O.[Na+].[O-][I+2]([O-])[O-]. The van der Waals surface area contributed by atoms with Crippen molar-refractivity contribution in [3.8, 4) is 0 Å². The smallest absolute Gasteiger partial charge is 0.427 e. The zero-order valence-corrected chi connectivity index (χ0v) is 9.26. The second kappa shape index (κ2) is 47.4. The number of hydrogen-bond acceptors (Lipinski definition) is 3. The van der Waals surface area contributed by atoms with Gasteiger partial charge < -0.3 is 37.7 Å². The molecule has 66 valence electrons. The van der Waals surface area contributed by atoms with E-state index in [1.807, 2.05) is 0 Å². The van der Waals surface area contributed by atoms with Crippen molar-refractivity contribution in [1.82, 2.24) is 0 Å². The van der Waals surface area contributed by atoms with Crippen molar-refractivity contribution in [2.24, 2.45) is 0 Å². The summed E-state index contributed by atoms with van der Waals surface area (Å²) in [5.74, 6) is 0. The Kier molecular flexibility index (Phi) is 301. The fourth-order valence-corrected chi connectivity index (χ4v) is 0. The van der Waals surface area contributed by atoms with Crippen LogP contribution in [0.4, 0.5) is 0 Å². The summed E-state index contributed by atoms with van der Waals surface area (Å²) < 4.78 is 25.7. The third-order valence-electron chi connectivity index (χ3n) is 0. The maximum Gasteiger partial charge on any atom is 1.00 e. The first kappa shape index (κ1) is 63.6. The van der Waals surface area contributed by atoms with E-state index in [0.29, 0.717) is 0 Å². The molecule has 10 heavy (non-hydrogen) atoms. The van der Waals surface area contributed by atoms with Crippen molar-refractivity contribution in [3.63, 3.8) is 0 Å². The van der Waals surface area contributed by atoms with Crippen LogP contribution < -0.4 is 60.9 Å². The Hall–Kier alpha value is 1.41. The zero-order valence-electron chi connectivity index (χ0n) is 5.10. The largest absolute Gasteiger partial charge is 1.00 e. The summed E-state index contributed by atoms with van der Waals surface area (Å²) in [5.41, 5.74) is 0. The van der Waals surface area contributed by atoms with Gasteiger partial charge in [0.15, 0.2) is 0 Å². The Morgan fingerprint density at radius 3 is 0.600 bits per heavy atom. The van der Waals surface area contributed by atoms with E-state index in [1.165, 1.54) is 0 Å². The molecule has 0 aromatic heterocycles. The molecule has 8 nitrogen and oxygen atoms in total. The van der Waals surface area contributed by atoms with Gasteiger partial charge in [-0.2, -0.15) is 0 Å². The van der Waals surface area contributed by atoms with Crippen LogP contribution in [0.1, 0.15) is 0 Å². The first-order valence-corrected chi connectivity index (χ1v) is 3.11. The standard InChI is InChI=1S/IO3.Na.5H2O/c2-1(3)4;;;;;;/h;;5*1H2/q-1;+1;;;;;. The number of rotatable bonds is 0. The summed E-state index contributed by atoms with van der Waals surface area (Å²) in [4.78, 5) is 0. The van der Waals surface area contributed by atoms with Gasteiger partial charge in [0.2, 0.25) is 0 Å². The van der Waals surface area contributed by atoms with Crippen molar-refractivity contribution in [2.75, 3.05) is 0 Å². The normalized spacial score (nSPS) is 3.60. The summed E-state index contributed by atoms with van der Waals surface area (Å²) in [6.45, 7) is 0. The molecule has 0 heterocycles. The number of hydrogen-bond donors (Lipinski definition) is 0. The molecular formula is H10INaO8. The van der Waals surface area contributed by atoms with E-state index < -0.39 is 21.1 Å². The molecular weight excluding hydrogens is 278 g/mol. The summed E-state index contributed by atoms with van der Waals surface area (Å²) in [6.07, 6.45) is 0. The Morgan fingerprint density at radius 1 is 0.600 bits per heavy atom. The van der Waals surface area contributed by atoms with Crippen LogP contribution in [0.15, 0.2) is 0 Å². The fourth-order valence-electron chi connectivity index (χ4n) is 0. The monoisotopic (exact) mass is 288 g/mol. The molecule has 0 aromatic rings. The average Bonchev–Trinajstić information content (AvgIpc) is 0.811. The van der Waals surface area contributed by atoms with Crippen LogP contribution in [0.25, 0.3) is 0 Å². The van der Waals surface area contributed by atoms with Gasteiger partial charge in [0.05, 0.1) is 0 Å². The van der Waals surface area contributed by atoms with E-state index in [9.17, 15) is 0 Å². The van der Waals surface area contributed by atoms with Gasteiger partial charge in [-0.25, -0.2) is 0 Å². The molecule has 0 bridgehead atoms. The van der Waals surface area contributed by atoms with Crippen molar-refractivity contribution in [3.05, 3.63) is 0 Å². The van der Waals surface area contributed by atoms with E-state index >= 15 is 0 Å². The Balaban J connectivity index is -0.00000000300. The fraction of sp³-hybridized carbons (Fsp3) is 0. The minimum atomic E-state index is -4.01. The van der Waals surface area contributed by atoms with Crippen LogP contribution in [0, 0.1) is 0 Å². The molecule has 10 N–H and O–H groups in total. The van der Waals surface area contributed by atoms with Crippen molar-refractivity contribution in [2.45, 2.75) is 0 Å². The van der Waals surface area contributed by atoms with E-state index in [1.54, 1.807) is 0 Å². The van der Waals surface area contributed by atoms with Gasteiger partial charge in [-0.05, 0) is 0 Å². The van der Waals surface area contributed by atoms with Gasteiger partial charge in [-0.3, -0.25) is 0 Å². The molecule has 0 amide bonds. The van der Waals surface area contributed by atoms with Crippen LogP contribution in [0.2, 0.25) is 0 Å². The quantitative estimate of drug-likeness (QED) is 0.312. The maximum atomic E-state index is 8.57. The summed E-state index contributed by atoms with van der Waals surface area (Å²) in [5, 5.41) is 0. The molecule has 0 fully saturated rings. The summed E-state index contributed by atoms with van der Waals surface area (Å²) in [6, 6.07) is 0. The van der Waals surface area contributed by atoms with E-state index in [0.717, 1.165) is 0 Å². The van der Waals surface area contributed by atoms with E-state index in [-0.39, 0.29) is 56.9 Å². The Morgan fingerprint density at radius 2 is 0.600 bits per heavy atom. The summed E-state index contributed by atoms with van der Waals surface area (Å²) in [7, 11) is 0. The molecule has 0 unspecified atom stereocenters. The Bertz CT molecular complexity index is 14.0. The Labute approximate surface area is 87.7 Å². The van der Waals surface area contributed by atoms with Gasteiger partial charge in [0, 0.05) is 0 Å². The predicted octanol–water partition coefficient (Wildman–Crippen LogP) is -13.7. The molecule has 0 atom stereocenters.